The van der Waals surface area contributed by atoms with Gasteiger partial charge < -0.3 is 15.8 Å². The summed E-state index contributed by atoms with van der Waals surface area (Å²) >= 11 is 4.89. The van der Waals surface area contributed by atoms with E-state index in [9.17, 15) is 4.79 Å². The summed E-state index contributed by atoms with van der Waals surface area (Å²) in [6, 6.07) is 5.83. The van der Waals surface area contributed by atoms with E-state index in [1.165, 1.54) is 11.3 Å². The summed E-state index contributed by atoms with van der Waals surface area (Å²) < 4.78 is 7.16. The van der Waals surface area contributed by atoms with Crippen molar-refractivity contribution in [2.45, 2.75) is 13.3 Å². The zero-order valence-corrected chi connectivity index (χ0v) is 13.6. The average Bonchev–Trinajstić information content (AvgIpc) is 2.77. The summed E-state index contributed by atoms with van der Waals surface area (Å²) in [7, 11) is 0. The highest BCUT2D eigenvalue weighted by Crippen LogP contribution is 2.37. The number of carbonyl (C=O) groups is 1. The smallest absolute Gasteiger partial charge is 0.263 e. The van der Waals surface area contributed by atoms with E-state index >= 15 is 0 Å². The Morgan fingerprint density at radius 3 is 3.00 bits per heavy atom. The number of ether oxygens (including phenoxy) is 1. The van der Waals surface area contributed by atoms with Crippen molar-refractivity contribution >= 4 is 48.9 Å². The first kappa shape index (κ1) is 15.3. The number of amides is 1. The van der Waals surface area contributed by atoms with E-state index in [4.69, 9.17) is 10.5 Å². The van der Waals surface area contributed by atoms with E-state index in [0.29, 0.717) is 30.3 Å². The number of benzene rings is 1. The molecule has 0 spiro atoms. The van der Waals surface area contributed by atoms with Crippen LogP contribution in [0.15, 0.2) is 22.7 Å². The summed E-state index contributed by atoms with van der Waals surface area (Å²) in [6.07, 6.45) is 0.800. The number of fused-ring (bicyclic) bond motifs is 1. The number of rotatable bonds is 6. The van der Waals surface area contributed by atoms with Gasteiger partial charge in [-0.2, -0.15) is 0 Å². The molecular formula is C14H17BrN2O2S. The lowest BCUT2D eigenvalue weighted by Gasteiger charge is -2.04. The third-order valence-corrected chi connectivity index (χ3v) is 4.69. The molecule has 108 valence electrons. The van der Waals surface area contributed by atoms with Gasteiger partial charge in [0.2, 0.25) is 0 Å². The Balaban J connectivity index is 2.07. The minimum Gasteiger partial charge on any atom is -0.397 e. The van der Waals surface area contributed by atoms with Crippen molar-refractivity contribution in [3.63, 3.8) is 0 Å². The monoisotopic (exact) mass is 356 g/mol. The second-order valence-electron chi connectivity index (χ2n) is 4.26. The summed E-state index contributed by atoms with van der Waals surface area (Å²) in [5.41, 5.74) is 6.63. The van der Waals surface area contributed by atoms with Gasteiger partial charge >= 0.3 is 0 Å². The number of thiophene rings is 1. The molecule has 2 rings (SSSR count). The maximum Gasteiger partial charge on any atom is 0.263 e. The number of nitrogen functional groups attached to an aromatic ring is 1. The van der Waals surface area contributed by atoms with Crippen LogP contribution in [-0.4, -0.2) is 25.7 Å². The topological polar surface area (TPSA) is 64.3 Å². The zero-order valence-electron chi connectivity index (χ0n) is 11.2. The molecule has 4 nitrogen and oxygen atoms in total. The van der Waals surface area contributed by atoms with E-state index < -0.39 is 0 Å². The highest BCUT2D eigenvalue weighted by Gasteiger charge is 2.17. The van der Waals surface area contributed by atoms with Gasteiger partial charge in [0.1, 0.15) is 4.88 Å². The van der Waals surface area contributed by atoms with Crippen LogP contribution >= 0.6 is 27.3 Å². The second-order valence-corrected chi connectivity index (χ2v) is 6.17. The molecule has 1 aromatic carbocycles. The Bertz CT molecular complexity index is 612. The lowest BCUT2D eigenvalue weighted by molar-refractivity contribution is 0.0949. The summed E-state index contributed by atoms with van der Waals surface area (Å²) in [4.78, 5) is 12.7. The molecule has 1 amide bonds. The molecule has 0 saturated heterocycles. The molecule has 0 radical (unpaired) electrons. The van der Waals surface area contributed by atoms with Crippen LogP contribution in [0, 0.1) is 0 Å². The Labute approximate surface area is 130 Å². The fourth-order valence-electron chi connectivity index (χ4n) is 1.90. The van der Waals surface area contributed by atoms with Crippen LogP contribution in [-0.2, 0) is 4.74 Å². The van der Waals surface area contributed by atoms with E-state index in [1.807, 2.05) is 25.1 Å². The molecule has 6 heteroatoms. The number of anilines is 1. The quantitative estimate of drug-likeness (QED) is 0.779. The largest absolute Gasteiger partial charge is 0.397 e. The minimum atomic E-state index is -0.118. The molecule has 0 bridgehead atoms. The molecule has 2 aromatic rings. The van der Waals surface area contributed by atoms with Crippen molar-refractivity contribution in [1.82, 2.24) is 5.32 Å². The van der Waals surface area contributed by atoms with Gasteiger partial charge in [-0.05, 0) is 25.5 Å². The van der Waals surface area contributed by atoms with E-state index in [0.717, 1.165) is 21.0 Å². The molecule has 0 atom stereocenters. The number of hydrogen-bond acceptors (Lipinski definition) is 4. The Hall–Kier alpha value is -1.11. The van der Waals surface area contributed by atoms with Crippen molar-refractivity contribution in [2.24, 2.45) is 0 Å². The van der Waals surface area contributed by atoms with Crippen LogP contribution in [0.2, 0.25) is 0 Å². The molecule has 0 fully saturated rings. The molecule has 0 aliphatic rings. The molecule has 1 aromatic heterocycles. The Kier molecular flexibility index (Phi) is 5.39. The maximum atomic E-state index is 12.1. The number of nitrogens with two attached hydrogens (primary N) is 1. The molecule has 0 aliphatic carbocycles. The van der Waals surface area contributed by atoms with Crippen molar-refractivity contribution in [2.75, 3.05) is 25.5 Å². The normalized spacial score (nSPS) is 10.9. The Morgan fingerprint density at radius 2 is 2.30 bits per heavy atom. The van der Waals surface area contributed by atoms with Crippen LogP contribution in [0.4, 0.5) is 5.69 Å². The van der Waals surface area contributed by atoms with Gasteiger partial charge in [-0.1, -0.05) is 22.0 Å². The van der Waals surface area contributed by atoms with Gasteiger partial charge in [-0.15, -0.1) is 11.3 Å². The number of halogens is 1. The third-order valence-electron chi connectivity index (χ3n) is 2.86. The fourth-order valence-corrected chi connectivity index (χ4v) is 3.68. The highest BCUT2D eigenvalue weighted by molar-refractivity contribution is 9.10. The predicted octanol–water partition coefficient (Wildman–Crippen LogP) is 3.40. The highest BCUT2D eigenvalue weighted by atomic mass is 79.9. The van der Waals surface area contributed by atoms with E-state index in [2.05, 4.69) is 21.2 Å². The average molecular weight is 357 g/mol. The molecular weight excluding hydrogens is 340 g/mol. The lowest BCUT2D eigenvalue weighted by atomic mass is 10.2. The molecule has 20 heavy (non-hydrogen) atoms. The zero-order chi connectivity index (χ0) is 14.5. The fraction of sp³-hybridized carbons (Fsp3) is 0.357. The van der Waals surface area contributed by atoms with Gasteiger partial charge in [-0.3, -0.25) is 4.79 Å². The molecule has 0 aliphatic heterocycles. The minimum absolute atomic E-state index is 0.118. The van der Waals surface area contributed by atoms with Gasteiger partial charge in [0.05, 0.1) is 5.69 Å². The van der Waals surface area contributed by atoms with Crippen LogP contribution in [0.1, 0.15) is 23.0 Å². The first-order chi connectivity index (χ1) is 9.65. The summed E-state index contributed by atoms with van der Waals surface area (Å²) in [6.45, 7) is 3.90. The van der Waals surface area contributed by atoms with Crippen molar-refractivity contribution in [3.05, 3.63) is 27.5 Å². The van der Waals surface area contributed by atoms with Gasteiger partial charge in [0.25, 0.3) is 5.91 Å². The summed E-state index contributed by atoms with van der Waals surface area (Å²) in [5, 5.41) is 3.79. The molecule has 1 heterocycles. The van der Waals surface area contributed by atoms with Crippen molar-refractivity contribution < 1.29 is 9.53 Å². The van der Waals surface area contributed by atoms with Crippen LogP contribution < -0.4 is 11.1 Å². The van der Waals surface area contributed by atoms with E-state index in [1.54, 1.807) is 0 Å². The van der Waals surface area contributed by atoms with Gasteiger partial charge in [-0.25, -0.2) is 0 Å². The van der Waals surface area contributed by atoms with Gasteiger partial charge in [0, 0.05) is 34.3 Å². The lowest BCUT2D eigenvalue weighted by Crippen LogP contribution is -2.25. The van der Waals surface area contributed by atoms with Crippen molar-refractivity contribution in [1.29, 1.82) is 0 Å². The van der Waals surface area contributed by atoms with Crippen LogP contribution in [0.3, 0.4) is 0 Å². The van der Waals surface area contributed by atoms with E-state index in [-0.39, 0.29) is 5.91 Å². The number of nitrogens with one attached hydrogen (secondary N) is 1. The van der Waals surface area contributed by atoms with Crippen molar-refractivity contribution in [3.8, 4) is 0 Å². The third kappa shape index (κ3) is 3.31. The predicted molar refractivity (Wildman–Crippen MR) is 87.4 cm³/mol. The maximum absolute atomic E-state index is 12.1. The first-order valence-electron chi connectivity index (χ1n) is 6.47. The standard InChI is InChI=1S/C14H17BrN2O2S/c1-2-19-8-4-7-17-14(18)13-12(16)11-9(15)5-3-6-10(11)20-13/h3,5-6H,2,4,7-8,16H2,1H3,(H,17,18). The Morgan fingerprint density at radius 1 is 1.50 bits per heavy atom. The van der Waals surface area contributed by atoms with Gasteiger partial charge in [0.15, 0.2) is 0 Å². The first-order valence-corrected chi connectivity index (χ1v) is 8.08. The van der Waals surface area contributed by atoms with Crippen LogP contribution in [0.5, 0.6) is 0 Å². The second kappa shape index (κ2) is 7.06. The molecule has 0 unspecified atom stereocenters. The molecule has 3 N–H and O–H groups in total. The van der Waals surface area contributed by atoms with Crippen LogP contribution in [0.25, 0.3) is 10.1 Å². The number of carbonyl (C=O) groups excluding carboxylic acids is 1. The summed E-state index contributed by atoms with van der Waals surface area (Å²) in [5.74, 6) is -0.118. The number of hydrogen-bond donors (Lipinski definition) is 2. The molecule has 0 saturated carbocycles. The SMILES string of the molecule is CCOCCCNC(=O)c1sc2cccc(Br)c2c1N.